The maximum absolute atomic E-state index is 12.9. The third-order valence-corrected chi connectivity index (χ3v) is 9.05. The van der Waals surface area contributed by atoms with E-state index in [1.165, 1.54) is 116 Å². The van der Waals surface area contributed by atoms with Gasteiger partial charge in [0.2, 0.25) is 0 Å². The molecule has 41 heavy (non-hydrogen) atoms. The molecule has 0 saturated heterocycles. The van der Waals surface area contributed by atoms with E-state index in [9.17, 15) is 9.59 Å². The fourth-order valence-electron chi connectivity index (χ4n) is 7.10. The number of alkyl carbamates (subject to hydrolysis) is 1. The lowest BCUT2D eigenvalue weighted by Crippen LogP contribution is -2.51. The Labute approximate surface area is 254 Å². The summed E-state index contributed by atoms with van der Waals surface area (Å²) in [6.45, 7) is 12.4. The van der Waals surface area contributed by atoms with Crippen molar-refractivity contribution in [2.45, 2.75) is 175 Å². The van der Waals surface area contributed by atoms with Gasteiger partial charge in [-0.05, 0) is 48.9 Å². The summed E-state index contributed by atoms with van der Waals surface area (Å²) in [7, 11) is 1.64. The highest BCUT2D eigenvalue weighted by Crippen LogP contribution is 2.45. The maximum atomic E-state index is 12.9. The quantitative estimate of drug-likeness (QED) is 0.105. The predicted octanol–water partition coefficient (Wildman–Crippen LogP) is 9.90. The molecule has 0 aromatic carbocycles. The summed E-state index contributed by atoms with van der Waals surface area (Å²) in [5.74, 6) is 0.464. The summed E-state index contributed by atoms with van der Waals surface area (Å²) in [4.78, 5) is 24.7. The van der Waals surface area contributed by atoms with Crippen LogP contribution in [0, 0.1) is 16.7 Å². The minimum atomic E-state index is -0.272. The fraction of sp³-hybridized carbons (Fsp3) is 0.943. The zero-order valence-electron chi connectivity index (χ0n) is 28.1. The van der Waals surface area contributed by atoms with Gasteiger partial charge in [-0.3, -0.25) is 0 Å². The highest BCUT2D eigenvalue weighted by atomic mass is 16.5. The number of carbonyl (C=O) groups excluding carboxylic acids is 2. The number of ether oxygens (including phenoxy) is 1. The Kier molecular flexibility index (Phi) is 20.3. The second-order valence-electron chi connectivity index (χ2n) is 14.3. The molecule has 0 aliphatic heterocycles. The van der Waals surface area contributed by atoms with Crippen molar-refractivity contribution in [3.05, 3.63) is 0 Å². The average molecular weight is 580 g/mol. The minimum Gasteiger partial charge on any atom is -0.449 e. The van der Waals surface area contributed by atoms with Gasteiger partial charge >= 0.3 is 12.1 Å². The van der Waals surface area contributed by atoms with Gasteiger partial charge in [0.1, 0.15) is 0 Å². The van der Waals surface area contributed by atoms with E-state index in [0.29, 0.717) is 19.1 Å². The SMILES string of the molecule is CCCCCCCCCCC(CCCCCCCCCC)COC(=O)NC1CC(C)(C)CC(C)(CNC(=O)NC)C1. The molecule has 0 aromatic heterocycles. The van der Waals surface area contributed by atoms with E-state index >= 15 is 0 Å². The number of urea groups is 1. The topological polar surface area (TPSA) is 79.5 Å². The van der Waals surface area contributed by atoms with Crippen LogP contribution in [0.3, 0.4) is 0 Å². The van der Waals surface area contributed by atoms with Gasteiger partial charge in [0.05, 0.1) is 6.61 Å². The van der Waals surface area contributed by atoms with Crippen molar-refractivity contribution in [3.63, 3.8) is 0 Å². The standard InChI is InChI=1S/C35H69N3O3/c1-7-9-11-13-15-17-19-21-23-30(24-22-20-18-16-14-12-10-8-2)27-41-33(40)38-31-25-34(3,4)28-35(5,26-31)29-37-32(39)36-6/h30-31H,7-29H2,1-6H3,(H,38,40)(H2,36,37,39). The van der Waals surface area contributed by atoms with Crippen LogP contribution in [0.4, 0.5) is 9.59 Å². The van der Waals surface area contributed by atoms with Gasteiger partial charge in [-0.1, -0.05) is 137 Å². The first kappa shape index (κ1) is 37.6. The molecular weight excluding hydrogens is 510 g/mol. The van der Waals surface area contributed by atoms with Crippen LogP contribution in [0.15, 0.2) is 0 Å². The average Bonchev–Trinajstić information content (AvgIpc) is 2.91. The van der Waals surface area contributed by atoms with Gasteiger partial charge in [0.15, 0.2) is 0 Å². The first-order valence-electron chi connectivity index (χ1n) is 17.5. The Bertz CT molecular complexity index is 664. The molecule has 1 aliphatic carbocycles. The van der Waals surface area contributed by atoms with Gasteiger partial charge in [-0.25, -0.2) is 9.59 Å². The molecular formula is C35H69N3O3. The number of hydrogen-bond acceptors (Lipinski definition) is 3. The van der Waals surface area contributed by atoms with Gasteiger partial charge < -0.3 is 20.7 Å². The van der Waals surface area contributed by atoms with Crippen molar-refractivity contribution in [3.8, 4) is 0 Å². The number of rotatable bonds is 23. The molecule has 0 bridgehead atoms. The molecule has 0 spiro atoms. The third-order valence-electron chi connectivity index (χ3n) is 9.05. The second kappa shape index (κ2) is 22.1. The lowest BCUT2D eigenvalue weighted by molar-refractivity contribution is 0.0632. The molecule has 1 rings (SSSR count). The molecule has 6 nitrogen and oxygen atoms in total. The summed E-state index contributed by atoms with van der Waals surface area (Å²) < 4.78 is 5.87. The van der Waals surface area contributed by atoms with Crippen LogP contribution in [0.2, 0.25) is 0 Å². The van der Waals surface area contributed by atoms with Crippen molar-refractivity contribution >= 4 is 12.1 Å². The van der Waals surface area contributed by atoms with E-state index in [1.54, 1.807) is 7.05 Å². The van der Waals surface area contributed by atoms with E-state index in [0.717, 1.165) is 19.3 Å². The molecule has 2 unspecified atom stereocenters. The molecule has 1 fully saturated rings. The molecule has 6 heteroatoms. The number of amides is 3. The van der Waals surface area contributed by atoms with Gasteiger partial charge in [-0.2, -0.15) is 0 Å². The smallest absolute Gasteiger partial charge is 0.407 e. The predicted molar refractivity (Wildman–Crippen MR) is 174 cm³/mol. The lowest BCUT2D eigenvalue weighted by Gasteiger charge is -2.46. The van der Waals surface area contributed by atoms with Gasteiger partial charge in [0.25, 0.3) is 0 Å². The monoisotopic (exact) mass is 580 g/mol. The Morgan fingerprint density at radius 1 is 0.756 bits per heavy atom. The summed E-state index contributed by atoms with van der Waals surface area (Å²) in [5.41, 5.74) is 0.0206. The Balaban J connectivity index is 2.51. The summed E-state index contributed by atoms with van der Waals surface area (Å²) in [5, 5.41) is 8.82. The second-order valence-corrected chi connectivity index (χ2v) is 14.3. The highest BCUT2D eigenvalue weighted by Gasteiger charge is 2.42. The van der Waals surface area contributed by atoms with E-state index in [2.05, 4.69) is 50.6 Å². The number of nitrogens with one attached hydrogen (secondary N) is 3. The molecule has 3 N–H and O–H groups in total. The van der Waals surface area contributed by atoms with E-state index < -0.39 is 0 Å². The molecule has 3 amide bonds. The van der Waals surface area contributed by atoms with Crippen molar-refractivity contribution in [2.24, 2.45) is 16.7 Å². The van der Waals surface area contributed by atoms with Crippen LogP contribution in [-0.2, 0) is 4.74 Å². The van der Waals surface area contributed by atoms with Crippen LogP contribution >= 0.6 is 0 Å². The first-order chi connectivity index (χ1) is 19.6. The number of hydrogen-bond donors (Lipinski definition) is 3. The lowest BCUT2D eigenvalue weighted by atomic mass is 9.62. The first-order valence-corrected chi connectivity index (χ1v) is 17.5. The van der Waals surface area contributed by atoms with E-state index in [4.69, 9.17) is 4.74 Å². The molecule has 0 radical (unpaired) electrons. The van der Waals surface area contributed by atoms with Crippen LogP contribution in [0.5, 0.6) is 0 Å². The van der Waals surface area contributed by atoms with E-state index in [1.807, 2.05) is 0 Å². The van der Waals surface area contributed by atoms with Crippen molar-refractivity contribution in [1.29, 1.82) is 0 Å². The van der Waals surface area contributed by atoms with Gasteiger partial charge in [0, 0.05) is 19.6 Å². The van der Waals surface area contributed by atoms with Crippen LogP contribution in [0.1, 0.15) is 169 Å². The van der Waals surface area contributed by atoms with Crippen LogP contribution in [0.25, 0.3) is 0 Å². The summed E-state index contributed by atoms with van der Waals surface area (Å²) in [6.07, 6.45) is 26.2. The molecule has 1 aliphatic rings. The Hall–Kier alpha value is -1.46. The van der Waals surface area contributed by atoms with Crippen molar-refractivity contribution in [2.75, 3.05) is 20.2 Å². The molecule has 0 heterocycles. The largest absolute Gasteiger partial charge is 0.449 e. The molecule has 1 saturated carbocycles. The highest BCUT2D eigenvalue weighted by molar-refractivity contribution is 5.73. The third kappa shape index (κ3) is 19.4. The normalized spacial score (nSPS) is 20.1. The summed E-state index contributed by atoms with van der Waals surface area (Å²) in [6, 6.07) is -0.0980. The molecule has 2 atom stereocenters. The van der Waals surface area contributed by atoms with Crippen molar-refractivity contribution < 1.29 is 14.3 Å². The zero-order chi connectivity index (χ0) is 30.4. The zero-order valence-corrected chi connectivity index (χ0v) is 28.1. The number of carbonyl (C=O) groups is 2. The van der Waals surface area contributed by atoms with E-state index in [-0.39, 0.29) is 29.0 Å². The molecule has 242 valence electrons. The Morgan fingerprint density at radius 3 is 1.73 bits per heavy atom. The maximum Gasteiger partial charge on any atom is 0.407 e. The Morgan fingerprint density at radius 2 is 1.24 bits per heavy atom. The number of unbranched alkanes of at least 4 members (excludes halogenated alkanes) is 14. The van der Waals surface area contributed by atoms with Crippen LogP contribution in [-0.4, -0.2) is 38.4 Å². The molecule has 0 aromatic rings. The fourth-order valence-corrected chi connectivity index (χ4v) is 7.10. The minimum absolute atomic E-state index is 0.0570. The van der Waals surface area contributed by atoms with Crippen LogP contribution < -0.4 is 16.0 Å². The van der Waals surface area contributed by atoms with Crippen molar-refractivity contribution in [1.82, 2.24) is 16.0 Å². The van der Waals surface area contributed by atoms with Gasteiger partial charge in [-0.15, -0.1) is 0 Å². The summed E-state index contributed by atoms with van der Waals surface area (Å²) >= 11 is 0.